The fourth-order valence-corrected chi connectivity index (χ4v) is 2.18. The van der Waals surface area contributed by atoms with Crippen LogP contribution in [-0.4, -0.2) is 46.8 Å². The van der Waals surface area contributed by atoms with Crippen molar-refractivity contribution in [1.29, 1.82) is 0 Å². The minimum atomic E-state index is -0.655. The zero-order valence-corrected chi connectivity index (χ0v) is 9.18. The molecule has 1 aliphatic rings. The number of nitrogens with two attached hydrogens (primary N) is 1. The number of likely N-dealkylation sites (tertiary alicyclic amines) is 1. The van der Waals surface area contributed by atoms with Crippen molar-refractivity contribution in [3.8, 4) is 0 Å². The van der Waals surface area contributed by atoms with Gasteiger partial charge >= 0.3 is 0 Å². The minimum Gasteiger partial charge on any atom is -0.328 e. The van der Waals surface area contributed by atoms with E-state index in [1.54, 1.807) is 6.26 Å². The van der Waals surface area contributed by atoms with Gasteiger partial charge in [-0.05, 0) is 32.4 Å². The third-order valence-electron chi connectivity index (χ3n) is 2.56. The van der Waals surface area contributed by atoms with Gasteiger partial charge in [0.1, 0.15) is 0 Å². The highest BCUT2D eigenvalue weighted by Gasteiger charge is 2.13. The van der Waals surface area contributed by atoms with Gasteiger partial charge in [0.2, 0.25) is 0 Å². The summed E-state index contributed by atoms with van der Waals surface area (Å²) in [5, 5.41) is 0. The van der Waals surface area contributed by atoms with Crippen LogP contribution in [0.3, 0.4) is 0 Å². The zero-order chi connectivity index (χ0) is 9.68. The van der Waals surface area contributed by atoms with Gasteiger partial charge in [-0.25, -0.2) is 0 Å². The van der Waals surface area contributed by atoms with E-state index in [9.17, 15) is 4.21 Å². The first-order valence-electron chi connectivity index (χ1n) is 4.96. The van der Waals surface area contributed by atoms with Gasteiger partial charge in [0.25, 0.3) is 0 Å². The summed E-state index contributed by atoms with van der Waals surface area (Å²) in [5.74, 6) is 0.801. The fraction of sp³-hybridized carbons (Fsp3) is 1.00. The van der Waals surface area contributed by atoms with E-state index in [4.69, 9.17) is 5.73 Å². The van der Waals surface area contributed by atoms with E-state index in [1.165, 1.54) is 6.42 Å². The van der Waals surface area contributed by atoms with E-state index >= 15 is 0 Å². The normalized spacial score (nSPS) is 28.3. The summed E-state index contributed by atoms with van der Waals surface area (Å²) >= 11 is 0. The quantitative estimate of drug-likeness (QED) is 0.713. The van der Waals surface area contributed by atoms with Gasteiger partial charge in [-0.3, -0.25) is 4.21 Å². The van der Waals surface area contributed by atoms with Gasteiger partial charge < -0.3 is 10.6 Å². The average Bonchev–Trinajstić information content (AvgIpc) is 2.27. The largest absolute Gasteiger partial charge is 0.328 e. The van der Waals surface area contributed by atoms with Crippen LogP contribution in [0.25, 0.3) is 0 Å². The molecule has 1 heterocycles. The van der Waals surface area contributed by atoms with Crippen molar-refractivity contribution >= 4 is 10.8 Å². The highest BCUT2D eigenvalue weighted by Crippen LogP contribution is 2.08. The lowest BCUT2D eigenvalue weighted by Crippen LogP contribution is -2.30. The standard InChI is InChI=1S/C9H20N2OS/c1-13(12)8-7-11-5-2-3-9(10)4-6-11/h9H,2-8,10H2,1H3. The lowest BCUT2D eigenvalue weighted by molar-refractivity contribution is 0.301. The van der Waals surface area contributed by atoms with Crippen LogP contribution in [0.15, 0.2) is 0 Å². The van der Waals surface area contributed by atoms with Crippen LogP contribution in [0.5, 0.6) is 0 Å². The van der Waals surface area contributed by atoms with E-state index in [0.717, 1.165) is 38.2 Å². The summed E-state index contributed by atoms with van der Waals surface area (Å²) in [7, 11) is -0.655. The Balaban J connectivity index is 2.22. The van der Waals surface area contributed by atoms with E-state index in [2.05, 4.69) is 4.90 Å². The number of rotatable bonds is 3. The van der Waals surface area contributed by atoms with Crippen molar-refractivity contribution in [2.45, 2.75) is 25.3 Å². The second-order valence-corrected chi connectivity index (χ2v) is 5.36. The molecule has 4 heteroatoms. The fourth-order valence-electron chi connectivity index (χ4n) is 1.66. The van der Waals surface area contributed by atoms with Crippen molar-refractivity contribution in [3.63, 3.8) is 0 Å². The van der Waals surface area contributed by atoms with Gasteiger partial charge in [-0.2, -0.15) is 0 Å². The molecule has 0 bridgehead atoms. The van der Waals surface area contributed by atoms with Crippen LogP contribution in [0.4, 0.5) is 0 Å². The summed E-state index contributed by atoms with van der Waals surface area (Å²) in [6, 6.07) is 0.386. The average molecular weight is 204 g/mol. The number of hydrogen-bond donors (Lipinski definition) is 1. The van der Waals surface area contributed by atoms with Gasteiger partial charge in [0, 0.05) is 35.4 Å². The Morgan fingerprint density at radius 1 is 1.46 bits per heavy atom. The van der Waals surface area contributed by atoms with E-state index in [0.29, 0.717) is 6.04 Å². The van der Waals surface area contributed by atoms with E-state index in [-0.39, 0.29) is 0 Å². The number of nitrogens with zero attached hydrogens (tertiary/aromatic N) is 1. The van der Waals surface area contributed by atoms with Gasteiger partial charge in [0.05, 0.1) is 0 Å². The molecule has 1 saturated heterocycles. The maximum Gasteiger partial charge on any atom is 0.0359 e. The molecule has 0 radical (unpaired) electrons. The third-order valence-corrected chi connectivity index (χ3v) is 3.32. The first-order chi connectivity index (χ1) is 6.18. The van der Waals surface area contributed by atoms with Gasteiger partial charge in [-0.15, -0.1) is 0 Å². The monoisotopic (exact) mass is 204 g/mol. The summed E-state index contributed by atoms with van der Waals surface area (Å²) in [4.78, 5) is 2.38. The highest BCUT2D eigenvalue weighted by atomic mass is 32.2. The molecule has 0 aliphatic carbocycles. The van der Waals surface area contributed by atoms with Gasteiger partial charge in [0.15, 0.2) is 0 Å². The Morgan fingerprint density at radius 2 is 2.23 bits per heavy atom. The topological polar surface area (TPSA) is 46.3 Å². The summed E-state index contributed by atoms with van der Waals surface area (Å²) in [6.07, 6.45) is 5.20. The summed E-state index contributed by atoms with van der Waals surface area (Å²) in [6.45, 7) is 3.18. The molecule has 0 amide bonds. The van der Waals surface area contributed by atoms with Crippen LogP contribution in [0, 0.1) is 0 Å². The molecule has 1 rings (SSSR count). The predicted molar refractivity (Wildman–Crippen MR) is 57.2 cm³/mol. The number of hydrogen-bond acceptors (Lipinski definition) is 3. The smallest absolute Gasteiger partial charge is 0.0359 e. The van der Waals surface area contributed by atoms with Crippen LogP contribution < -0.4 is 5.73 Å². The Morgan fingerprint density at radius 3 is 2.92 bits per heavy atom. The molecular weight excluding hydrogens is 184 g/mol. The predicted octanol–water partition coefficient (Wildman–Crippen LogP) is 0.178. The summed E-state index contributed by atoms with van der Waals surface area (Å²) in [5.41, 5.74) is 5.87. The molecule has 78 valence electrons. The molecule has 2 N–H and O–H groups in total. The Hall–Kier alpha value is 0.0700. The second-order valence-electron chi connectivity index (χ2n) is 3.81. The third kappa shape index (κ3) is 4.74. The van der Waals surface area contributed by atoms with E-state index < -0.39 is 10.8 Å². The Labute approximate surface area is 83.1 Å². The molecule has 0 aromatic carbocycles. The van der Waals surface area contributed by atoms with Crippen molar-refractivity contribution in [3.05, 3.63) is 0 Å². The van der Waals surface area contributed by atoms with Crippen LogP contribution in [0.2, 0.25) is 0 Å². The molecule has 1 fully saturated rings. The SMILES string of the molecule is CS(=O)CCN1CCCC(N)CC1. The van der Waals surface area contributed by atoms with Crippen molar-refractivity contribution in [2.75, 3.05) is 31.6 Å². The highest BCUT2D eigenvalue weighted by molar-refractivity contribution is 7.84. The molecule has 13 heavy (non-hydrogen) atoms. The first-order valence-corrected chi connectivity index (χ1v) is 6.69. The molecule has 1 aliphatic heterocycles. The molecular formula is C9H20N2OS. The molecule has 2 atom stereocenters. The van der Waals surface area contributed by atoms with E-state index in [1.807, 2.05) is 0 Å². The molecule has 0 spiro atoms. The van der Waals surface area contributed by atoms with Crippen molar-refractivity contribution < 1.29 is 4.21 Å². The van der Waals surface area contributed by atoms with Gasteiger partial charge in [-0.1, -0.05) is 0 Å². The maximum atomic E-state index is 10.9. The molecule has 0 aromatic heterocycles. The second kappa shape index (κ2) is 5.73. The first kappa shape index (κ1) is 11.1. The molecule has 3 nitrogen and oxygen atoms in total. The molecule has 0 aromatic rings. The lowest BCUT2D eigenvalue weighted by atomic mass is 10.1. The van der Waals surface area contributed by atoms with Crippen LogP contribution in [0.1, 0.15) is 19.3 Å². The Kier molecular flexibility index (Phi) is 4.91. The van der Waals surface area contributed by atoms with Crippen LogP contribution >= 0.6 is 0 Å². The van der Waals surface area contributed by atoms with Crippen molar-refractivity contribution in [2.24, 2.45) is 5.73 Å². The van der Waals surface area contributed by atoms with Crippen molar-refractivity contribution in [1.82, 2.24) is 4.90 Å². The Bertz CT molecular complexity index is 175. The minimum absolute atomic E-state index is 0.386. The van der Waals surface area contributed by atoms with Crippen LogP contribution in [-0.2, 0) is 10.8 Å². The summed E-state index contributed by atoms with van der Waals surface area (Å²) < 4.78 is 10.9. The molecule has 0 saturated carbocycles. The molecule has 2 unspecified atom stereocenters. The maximum absolute atomic E-state index is 10.9. The zero-order valence-electron chi connectivity index (χ0n) is 8.37. The lowest BCUT2D eigenvalue weighted by Gasteiger charge is -2.18.